The van der Waals surface area contributed by atoms with Crippen LogP contribution in [0.3, 0.4) is 0 Å². The molecule has 4 nitrogen and oxygen atoms in total. The zero-order chi connectivity index (χ0) is 13.5. The Morgan fingerprint density at radius 2 is 1.63 bits per heavy atom. The molecular weight excluding hydrogens is 262 g/mol. The second kappa shape index (κ2) is 4.89. The third-order valence-electron chi connectivity index (χ3n) is 3.97. The molecule has 0 radical (unpaired) electrons. The molecule has 0 heterocycles. The van der Waals surface area contributed by atoms with Crippen LogP contribution in [-0.4, -0.2) is 19.6 Å². The Bertz CT molecular complexity index is 533. The van der Waals surface area contributed by atoms with Gasteiger partial charge in [0.05, 0.1) is 11.5 Å². The summed E-state index contributed by atoms with van der Waals surface area (Å²) >= 11 is 0. The van der Waals surface area contributed by atoms with Crippen LogP contribution in [0, 0.1) is 11.8 Å². The maximum absolute atomic E-state index is 12.3. The number of aliphatic hydroxyl groups excluding tert-OH is 1. The number of sulfonamides is 1. The van der Waals surface area contributed by atoms with Gasteiger partial charge in [0.2, 0.25) is 10.0 Å². The van der Waals surface area contributed by atoms with Gasteiger partial charge < -0.3 is 5.11 Å². The summed E-state index contributed by atoms with van der Waals surface area (Å²) in [5.41, 5.74) is 0.722. The van der Waals surface area contributed by atoms with Gasteiger partial charge >= 0.3 is 0 Å². The average molecular weight is 281 g/mol. The molecule has 3 rings (SSSR count). The van der Waals surface area contributed by atoms with Gasteiger partial charge in [0.1, 0.15) is 0 Å². The minimum absolute atomic E-state index is 0.0689. The first-order chi connectivity index (χ1) is 9.10. The quantitative estimate of drug-likeness (QED) is 0.833. The minimum Gasteiger partial charge on any atom is -0.392 e. The number of benzene rings is 1. The summed E-state index contributed by atoms with van der Waals surface area (Å²) in [6.45, 7) is -0.0689. The monoisotopic (exact) mass is 281 g/mol. The van der Waals surface area contributed by atoms with E-state index in [1.807, 2.05) is 0 Å². The van der Waals surface area contributed by atoms with Crippen LogP contribution in [0.5, 0.6) is 0 Å². The summed E-state index contributed by atoms with van der Waals surface area (Å²) in [6, 6.07) is 6.55. The molecule has 0 aliphatic heterocycles. The maximum Gasteiger partial charge on any atom is 0.240 e. The van der Waals surface area contributed by atoms with Crippen molar-refractivity contribution < 1.29 is 13.5 Å². The van der Waals surface area contributed by atoms with Gasteiger partial charge in [0.15, 0.2) is 0 Å². The van der Waals surface area contributed by atoms with E-state index in [9.17, 15) is 8.42 Å². The zero-order valence-corrected chi connectivity index (χ0v) is 11.6. The molecule has 0 unspecified atom stereocenters. The SMILES string of the molecule is O=S(=O)(NC(C1CC1)C1CC1)c1ccc(CO)cc1. The van der Waals surface area contributed by atoms with E-state index in [0.29, 0.717) is 11.8 Å². The Kier molecular flexibility index (Phi) is 3.37. The largest absolute Gasteiger partial charge is 0.392 e. The summed E-state index contributed by atoms with van der Waals surface area (Å²) in [5, 5.41) is 8.97. The predicted molar refractivity (Wildman–Crippen MR) is 71.9 cm³/mol. The first-order valence-corrected chi connectivity index (χ1v) is 8.30. The van der Waals surface area contributed by atoms with Crippen molar-refractivity contribution in [3.05, 3.63) is 29.8 Å². The lowest BCUT2D eigenvalue weighted by Gasteiger charge is -2.17. The summed E-state index contributed by atoms with van der Waals surface area (Å²) < 4.78 is 27.5. The highest BCUT2D eigenvalue weighted by Crippen LogP contribution is 2.45. The predicted octanol–water partition coefficient (Wildman–Crippen LogP) is 1.65. The van der Waals surface area contributed by atoms with Gasteiger partial charge in [-0.25, -0.2) is 13.1 Å². The van der Waals surface area contributed by atoms with E-state index in [-0.39, 0.29) is 17.5 Å². The van der Waals surface area contributed by atoms with Crippen LogP contribution in [-0.2, 0) is 16.6 Å². The lowest BCUT2D eigenvalue weighted by molar-refractivity contribution is 0.282. The molecule has 0 amide bonds. The highest BCUT2D eigenvalue weighted by Gasteiger charge is 2.43. The van der Waals surface area contributed by atoms with Gasteiger partial charge in [-0.05, 0) is 55.2 Å². The van der Waals surface area contributed by atoms with Gasteiger partial charge in [0, 0.05) is 6.04 Å². The smallest absolute Gasteiger partial charge is 0.240 e. The van der Waals surface area contributed by atoms with Gasteiger partial charge in [0.25, 0.3) is 0 Å². The molecule has 0 atom stereocenters. The van der Waals surface area contributed by atoms with E-state index in [1.54, 1.807) is 24.3 Å². The van der Waals surface area contributed by atoms with Crippen molar-refractivity contribution in [2.75, 3.05) is 0 Å². The fraction of sp³-hybridized carbons (Fsp3) is 0.571. The number of rotatable bonds is 6. The van der Waals surface area contributed by atoms with Crippen LogP contribution in [0.15, 0.2) is 29.2 Å². The third kappa shape index (κ3) is 2.99. The molecular formula is C14H19NO3S. The molecule has 19 heavy (non-hydrogen) atoms. The molecule has 0 aromatic heterocycles. The molecule has 2 saturated carbocycles. The molecule has 2 N–H and O–H groups in total. The second-order valence-corrected chi connectivity index (χ2v) is 7.34. The van der Waals surface area contributed by atoms with Gasteiger partial charge in [-0.1, -0.05) is 12.1 Å². The fourth-order valence-corrected chi connectivity index (χ4v) is 3.88. The van der Waals surface area contributed by atoms with E-state index >= 15 is 0 Å². The molecule has 0 saturated heterocycles. The highest BCUT2D eigenvalue weighted by atomic mass is 32.2. The molecule has 0 spiro atoms. The van der Waals surface area contributed by atoms with E-state index in [2.05, 4.69) is 4.72 Å². The van der Waals surface area contributed by atoms with Crippen molar-refractivity contribution in [2.45, 2.75) is 43.2 Å². The molecule has 1 aromatic rings. The summed E-state index contributed by atoms with van der Waals surface area (Å²) in [5.74, 6) is 1.08. The zero-order valence-electron chi connectivity index (χ0n) is 10.7. The second-order valence-electron chi connectivity index (χ2n) is 5.62. The van der Waals surface area contributed by atoms with Gasteiger partial charge in [-0.2, -0.15) is 0 Å². The molecule has 104 valence electrons. The Hall–Kier alpha value is -0.910. The summed E-state index contributed by atoms with van der Waals surface area (Å²) in [7, 11) is -3.43. The average Bonchev–Trinajstić information content (AvgIpc) is 3.29. The van der Waals surface area contributed by atoms with Gasteiger partial charge in [-0.3, -0.25) is 0 Å². The molecule has 1 aromatic carbocycles. The van der Waals surface area contributed by atoms with Crippen LogP contribution in [0.2, 0.25) is 0 Å². The lowest BCUT2D eigenvalue weighted by Crippen LogP contribution is -2.38. The van der Waals surface area contributed by atoms with Crippen molar-refractivity contribution in [3.8, 4) is 0 Å². The number of aliphatic hydroxyl groups is 1. The van der Waals surface area contributed by atoms with E-state index in [0.717, 1.165) is 31.2 Å². The van der Waals surface area contributed by atoms with Crippen LogP contribution in [0.1, 0.15) is 31.2 Å². The Morgan fingerprint density at radius 1 is 1.11 bits per heavy atom. The molecule has 2 aliphatic carbocycles. The Balaban J connectivity index is 1.76. The number of hydrogen-bond donors (Lipinski definition) is 2. The van der Waals surface area contributed by atoms with Crippen molar-refractivity contribution in [3.63, 3.8) is 0 Å². The molecule has 2 fully saturated rings. The highest BCUT2D eigenvalue weighted by molar-refractivity contribution is 7.89. The fourth-order valence-electron chi connectivity index (χ4n) is 2.51. The third-order valence-corrected chi connectivity index (χ3v) is 5.44. The van der Waals surface area contributed by atoms with Crippen molar-refractivity contribution in [1.29, 1.82) is 0 Å². The first kappa shape index (κ1) is 13.1. The van der Waals surface area contributed by atoms with Crippen molar-refractivity contribution in [2.24, 2.45) is 11.8 Å². The van der Waals surface area contributed by atoms with Crippen molar-refractivity contribution in [1.82, 2.24) is 4.72 Å². The Labute approximate surface area is 113 Å². The normalized spacial score (nSPS) is 19.9. The van der Waals surface area contributed by atoms with Crippen LogP contribution < -0.4 is 4.72 Å². The van der Waals surface area contributed by atoms with E-state index in [4.69, 9.17) is 5.11 Å². The molecule has 2 aliphatic rings. The van der Waals surface area contributed by atoms with E-state index in [1.165, 1.54) is 0 Å². The van der Waals surface area contributed by atoms with Crippen LogP contribution >= 0.6 is 0 Å². The molecule has 0 bridgehead atoms. The van der Waals surface area contributed by atoms with Gasteiger partial charge in [-0.15, -0.1) is 0 Å². The topological polar surface area (TPSA) is 66.4 Å². The first-order valence-electron chi connectivity index (χ1n) is 6.82. The summed E-state index contributed by atoms with van der Waals surface area (Å²) in [6.07, 6.45) is 4.58. The number of hydrogen-bond acceptors (Lipinski definition) is 3. The number of nitrogens with one attached hydrogen (secondary N) is 1. The maximum atomic E-state index is 12.3. The van der Waals surface area contributed by atoms with Crippen molar-refractivity contribution >= 4 is 10.0 Å². The standard InChI is InChI=1S/C14H19NO3S/c16-9-10-1-7-13(8-2-10)19(17,18)15-14(11-3-4-11)12-5-6-12/h1-2,7-8,11-12,14-16H,3-6,9H2. The molecule has 5 heteroatoms. The summed E-state index contributed by atoms with van der Waals surface area (Å²) in [4.78, 5) is 0.288. The minimum atomic E-state index is -3.43. The van der Waals surface area contributed by atoms with Crippen LogP contribution in [0.25, 0.3) is 0 Å². The lowest BCUT2D eigenvalue weighted by atomic mass is 10.1. The Morgan fingerprint density at radius 3 is 2.05 bits per heavy atom. The van der Waals surface area contributed by atoms with E-state index < -0.39 is 10.0 Å². The van der Waals surface area contributed by atoms with Crippen LogP contribution in [0.4, 0.5) is 0 Å².